The molecule has 2 heterocycles. The summed E-state index contributed by atoms with van der Waals surface area (Å²) in [4.78, 5) is 31.0. The van der Waals surface area contributed by atoms with Crippen LogP contribution in [0.5, 0.6) is 0 Å². The van der Waals surface area contributed by atoms with Crippen molar-refractivity contribution in [3.8, 4) is 0 Å². The summed E-state index contributed by atoms with van der Waals surface area (Å²) in [5.41, 5.74) is -1.88. The number of carbonyl (C=O) groups is 2. The van der Waals surface area contributed by atoms with Gasteiger partial charge in [0, 0.05) is 19.6 Å². The monoisotopic (exact) mass is 451 g/mol. The molecule has 1 atom stereocenters. The van der Waals surface area contributed by atoms with Crippen LogP contribution in [0.2, 0.25) is 0 Å². The van der Waals surface area contributed by atoms with Crippen molar-refractivity contribution in [2.24, 2.45) is 5.92 Å². The second-order valence-electron chi connectivity index (χ2n) is 8.32. The van der Waals surface area contributed by atoms with Gasteiger partial charge < -0.3 is 19.3 Å². The maximum Gasteiger partial charge on any atom is 0.435 e. The van der Waals surface area contributed by atoms with Gasteiger partial charge in [0.2, 0.25) is 0 Å². The van der Waals surface area contributed by atoms with Gasteiger partial charge in [-0.25, -0.2) is 14.6 Å². The number of hydrogen-bond donors (Lipinski definition) is 0. The number of hydrogen-bond acceptors (Lipinski definition) is 7. The molecule has 0 bridgehead atoms. The van der Waals surface area contributed by atoms with Crippen molar-refractivity contribution in [1.82, 2.24) is 9.88 Å². The molecule has 1 aliphatic heterocycles. The normalized spacial score (nSPS) is 18.0. The van der Waals surface area contributed by atoms with Gasteiger partial charge in [0.1, 0.15) is 10.5 Å². The standard InChI is InChI=1S/C19H28F3N3O4S/c1-7-28-15(26)13-14(19(20,21)22)23-16(30-13)25-9-8-24(10-12(25)11(2)3)17(27)29-18(4,5)6/h11-12H,7-10H2,1-6H3/t12-/m0/s1. The van der Waals surface area contributed by atoms with E-state index in [9.17, 15) is 22.8 Å². The Bertz CT molecular complexity index is 774. The van der Waals surface area contributed by atoms with Crippen LogP contribution in [0.1, 0.15) is 56.9 Å². The van der Waals surface area contributed by atoms with E-state index >= 15 is 0 Å². The molecule has 1 amide bonds. The summed E-state index contributed by atoms with van der Waals surface area (Å²) >= 11 is 0.667. The topological polar surface area (TPSA) is 72.0 Å². The Labute approximate surface area is 178 Å². The van der Waals surface area contributed by atoms with Gasteiger partial charge in [0.15, 0.2) is 10.8 Å². The van der Waals surface area contributed by atoms with E-state index in [-0.39, 0.29) is 43.3 Å². The first kappa shape index (κ1) is 24.2. The molecule has 1 aromatic heterocycles. The number of aromatic nitrogens is 1. The van der Waals surface area contributed by atoms with Gasteiger partial charge in [-0.2, -0.15) is 13.2 Å². The lowest BCUT2D eigenvalue weighted by Crippen LogP contribution is -2.57. The van der Waals surface area contributed by atoms with Crippen LogP contribution in [-0.2, 0) is 15.7 Å². The van der Waals surface area contributed by atoms with E-state index in [2.05, 4.69) is 4.98 Å². The van der Waals surface area contributed by atoms with Gasteiger partial charge in [-0.15, -0.1) is 0 Å². The second kappa shape index (κ2) is 8.99. The summed E-state index contributed by atoms with van der Waals surface area (Å²) in [7, 11) is 0. The predicted octanol–water partition coefficient (Wildman–Crippen LogP) is 4.42. The number of piperazine rings is 1. The molecule has 7 nitrogen and oxygen atoms in total. The molecule has 1 fully saturated rings. The van der Waals surface area contributed by atoms with Crippen LogP contribution in [0, 0.1) is 5.92 Å². The fraction of sp³-hybridized carbons (Fsp3) is 0.737. The van der Waals surface area contributed by atoms with E-state index in [1.165, 1.54) is 6.92 Å². The quantitative estimate of drug-likeness (QED) is 0.631. The number of alkyl halides is 3. The zero-order valence-corrected chi connectivity index (χ0v) is 18.8. The molecule has 0 aliphatic carbocycles. The second-order valence-corrected chi connectivity index (χ2v) is 9.30. The van der Waals surface area contributed by atoms with Crippen molar-refractivity contribution in [3.05, 3.63) is 10.6 Å². The van der Waals surface area contributed by atoms with Crippen LogP contribution < -0.4 is 4.90 Å². The van der Waals surface area contributed by atoms with Crippen LogP contribution in [0.4, 0.5) is 23.1 Å². The first-order valence-electron chi connectivity index (χ1n) is 9.74. The van der Waals surface area contributed by atoms with Crippen molar-refractivity contribution in [2.45, 2.75) is 59.4 Å². The summed E-state index contributed by atoms with van der Waals surface area (Å²) < 4.78 is 50.6. The molecule has 1 saturated heterocycles. The molecule has 30 heavy (non-hydrogen) atoms. The van der Waals surface area contributed by atoms with Gasteiger partial charge in [0.05, 0.1) is 12.6 Å². The minimum atomic E-state index is -4.78. The molecule has 1 aromatic rings. The fourth-order valence-corrected chi connectivity index (χ4v) is 4.13. The number of carbonyl (C=O) groups excluding carboxylic acids is 2. The Hall–Kier alpha value is -2.04. The lowest BCUT2D eigenvalue weighted by atomic mass is 10.0. The first-order valence-corrected chi connectivity index (χ1v) is 10.6. The number of thiazole rings is 1. The summed E-state index contributed by atoms with van der Waals surface area (Å²) in [6, 6.07) is -0.284. The molecule has 0 saturated carbocycles. The smallest absolute Gasteiger partial charge is 0.435 e. The Kier molecular flexibility index (Phi) is 7.26. The highest BCUT2D eigenvalue weighted by Crippen LogP contribution is 2.39. The van der Waals surface area contributed by atoms with Crippen molar-refractivity contribution >= 4 is 28.5 Å². The number of rotatable bonds is 4. The molecule has 2 rings (SSSR count). The van der Waals surface area contributed by atoms with E-state index in [0.717, 1.165) is 0 Å². The first-order chi connectivity index (χ1) is 13.7. The molecule has 0 spiro atoms. The predicted molar refractivity (Wildman–Crippen MR) is 107 cm³/mol. The molecule has 0 unspecified atom stereocenters. The third kappa shape index (κ3) is 5.77. The Morgan fingerprint density at radius 3 is 2.37 bits per heavy atom. The molecule has 1 aliphatic rings. The summed E-state index contributed by atoms with van der Waals surface area (Å²) in [5.74, 6) is -1.03. The largest absolute Gasteiger partial charge is 0.462 e. The SMILES string of the molecule is CCOC(=O)c1sc(N2CCN(C(=O)OC(C)(C)C)C[C@H]2C(C)C)nc1C(F)(F)F. The minimum Gasteiger partial charge on any atom is -0.462 e. The summed E-state index contributed by atoms with van der Waals surface area (Å²) in [5, 5.41) is 0.0907. The third-order valence-electron chi connectivity index (χ3n) is 4.43. The van der Waals surface area contributed by atoms with Crippen LogP contribution in [-0.4, -0.2) is 59.8 Å². The molecule has 170 valence electrons. The number of nitrogens with zero attached hydrogens (tertiary/aromatic N) is 3. The summed E-state index contributed by atoms with van der Waals surface area (Å²) in [6.45, 7) is 11.5. The van der Waals surface area contributed by atoms with Crippen molar-refractivity contribution in [2.75, 3.05) is 31.1 Å². The Balaban J connectivity index is 2.32. The van der Waals surface area contributed by atoms with Gasteiger partial charge in [-0.3, -0.25) is 0 Å². The maximum absolute atomic E-state index is 13.5. The Morgan fingerprint density at radius 2 is 1.87 bits per heavy atom. The summed E-state index contributed by atoms with van der Waals surface area (Å²) in [6.07, 6.45) is -5.24. The lowest BCUT2D eigenvalue weighted by Gasteiger charge is -2.43. The minimum absolute atomic E-state index is 0.0134. The molecular weight excluding hydrogens is 423 g/mol. The van der Waals surface area contributed by atoms with Gasteiger partial charge in [-0.1, -0.05) is 25.2 Å². The van der Waals surface area contributed by atoms with E-state index < -0.39 is 34.4 Å². The highest BCUT2D eigenvalue weighted by atomic mass is 32.1. The van der Waals surface area contributed by atoms with Crippen LogP contribution in [0.25, 0.3) is 0 Å². The van der Waals surface area contributed by atoms with E-state index in [4.69, 9.17) is 9.47 Å². The van der Waals surface area contributed by atoms with Gasteiger partial charge >= 0.3 is 18.2 Å². The highest BCUT2D eigenvalue weighted by molar-refractivity contribution is 7.17. The molecule has 0 aromatic carbocycles. The van der Waals surface area contributed by atoms with Crippen molar-refractivity contribution < 1.29 is 32.2 Å². The number of halogens is 3. The van der Waals surface area contributed by atoms with E-state index in [0.29, 0.717) is 11.3 Å². The average molecular weight is 452 g/mol. The molecule has 11 heteroatoms. The zero-order chi connectivity index (χ0) is 22.9. The number of ether oxygens (including phenoxy) is 2. The van der Waals surface area contributed by atoms with Crippen molar-refractivity contribution in [3.63, 3.8) is 0 Å². The number of amides is 1. The van der Waals surface area contributed by atoms with Crippen LogP contribution in [0.3, 0.4) is 0 Å². The van der Waals surface area contributed by atoms with E-state index in [1.54, 1.807) is 30.6 Å². The number of anilines is 1. The third-order valence-corrected chi connectivity index (χ3v) is 5.50. The number of esters is 1. The van der Waals surface area contributed by atoms with Crippen LogP contribution in [0.15, 0.2) is 0 Å². The average Bonchev–Trinajstić information content (AvgIpc) is 3.05. The molecular formula is C19H28F3N3O4S. The zero-order valence-electron chi connectivity index (χ0n) is 18.0. The van der Waals surface area contributed by atoms with Gasteiger partial charge in [-0.05, 0) is 33.6 Å². The van der Waals surface area contributed by atoms with Crippen molar-refractivity contribution in [1.29, 1.82) is 0 Å². The highest BCUT2D eigenvalue weighted by Gasteiger charge is 2.42. The Morgan fingerprint density at radius 1 is 1.23 bits per heavy atom. The van der Waals surface area contributed by atoms with Crippen LogP contribution >= 0.6 is 11.3 Å². The molecule has 0 radical (unpaired) electrons. The maximum atomic E-state index is 13.5. The van der Waals surface area contributed by atoms with E-state index in [1.807, 2.05) is 13.8 Å². The fourth-order valence-electron chi connectivity index (χ4n) is 3.07. The lowest BCUT2D eigenvalue weighted by molar-refractivity contribution is -0.141. The van der Waals surface area contributed by atoms with Gasteiger partial charge in [0.25, 0.3) is 0 Å². The molecule has 0 N–H and O–H groups in total.